The fraction of sp³-hybridized carbons (Fsp3) is 0.538. The van der Waals surface area contributed by atoms with E-state index < -0.39 is 0 Å². The molecular formula is C13H20N4S. The van der Waals surface area contributed by atoms with E-state index in [1.54, 1.807) is 0 Å². The maximum atomic E-state index is 5.69. The van der Waals surface area contributed by atoms with Gasteiger partial charge in [-0.3, -0.25) is 14.8 Å². The molecule has 0 radical (unpaired) electrons. The van der Waals surface area contributed by atoms with E-state index in [9.17, 15) is 0 Å². The lowest BCUT2D eigenvalue weighted by molar-refractivity contribution is 0.118. The van der Waals surface area contributed by atoms with Gasteiger partial charge in [-0.05, 0) is 24.6 Å². The SMILES string of the molecule is CC(C(N)=S)N1CCN(Cc2ccncc2)CC1. The predicted octanol–water partition coefficient (Wildman–Crippen LogP) is 0.874. The first-order valence-electron chi connectivity index (χ1n) is 6.31. The molecule has 1 aliphatic heterocycles. The average Bonchev–Trinajstić information content (AvgIpc) is 2.40. The molecular weight excluding hydrogens is 244 g/mol. The molecule has 2 heterocycles. The van der Waals surface area contributed by atoms with Gasteiger partial charge in [0.05, 0.1) is 11.0 Å². The lowest BCUT2D eigenvalue weighted by Gasteiger charge is -2.37. The summed E-state index contributed by atoms with van der Waals surface area (Å²) in [5, 5.41) is 0. The van der Waals surface area contributed by atoms with Gasteiger partial charge < -0.3 is 5.73 Å². The highest BCUT2D eigenvalue weighted by molar-refractivity contribution is 7.80. The van der Waals surface area contributed by atoms with Gasteiger partial charge in [0.15, 0.2) is 0 Å². The summed E-state index contributed by atoms with van der Waals surface area (Å²) in [5.74, 6) is 0. The smallest absolute Gasteiger partial charge is 0.0899 e. The molecule has 1 saturated heterocycles. The summed E-state index contributed by atoms with van der Waals surface area (Å²) in [6.07, 6.45) is 3.70. The number of nitrogens with two attached hydrogens (primary N) is 1. The molecule has 2 N–H and O–H groups in total. The molecule has 1 atom stereocenters. The first-order chi connectivity index (χ1) is 8.66. The quantitative estimate of drug-likeness (QED) is 0.818. The Kier molecular flexibility index (Phi) is 4.63. The van der Waals surface area contributed by atoms with Crippen LogP contribution in [0.1, 0.15) is 12.5 Å². The number of pyridine rings is 1. The largest absolute Gasteiger partial charge is 0.392 e. The van der Waals surface area contributed by atoms with E-state index in [4.69, 9.17) is 18.0 Å². The monoisotopic (exact) mass is 264 g/mol. The summed E-state index contributed by atoms with van der Waals surface area (Å²) in [6, 6.07) is 4.36. The molecule has 1 aromatic rings. The van der Waals surface area contributed by atoms with Crippen LogP contribution in [0.15, 0.2) is 24.5 Å². The third kappa shape index (κ3) is 3.48. The number of aromatic nitrogens is 1. The van der Waals surface area contributed by atoms with Crippen LogP contribution < -0.4 is 5.73 Å². The number of rotatable bonds is 4. The number of piperazine rings is 1. The molecule has 1 aromatic heterocycles. The zero-order valence-corrected chi connectivity index (χ0v) is 11.6. The average molecular weight is 264 g/mol. The van der Waals surface area contributed by atoms with Crippen LogP contribution in [-0.2, 0) is 6.54 Å². The van der Waals surface area contributed by atoms with Gasteiger partial charge in [-0.1, -0.05) is 12.2 Å². The van der Waals surface area contributed by atoms with Crippen molar-refractivity contribution in [3.05, 3.63) is 30.1 Å². The van der Waals surface area contributed by atoms with E-state index in [0.717, 1.165) is 32.7 Å². The molecule has 2 rings (SSSR count). The van der Waals surface area contributed by atoms with Crippen LogP contribution in [0.4, 0.5) is 0 Å². The van der Waals surface area contributed by atoms with Gasteiger partial charge >= 0.3 is 0 Å². The summed E-state index contributed by atoms with van der Waals surface area (Å²) >= 11 is 5.05. The minimum atomic E-state index is 0.211. The van der Waals surface area contributed by atoms with E-state index in [1.807, 2.05) is 12.4 Å². The normalized spacial score (nSPS) is 19.6. The summed E-state index contributed by atoms with van der Waals surface area (Å²) in [7, 11) is 0. The Morgan fingerprint density at radius 2 is 1.94 bits per heavy atom. The Balaban J connectivity index is 1.82. The topological polar surface area (TPSA) is 45.4 Å². The minimum Gasteiger partial charge on any atom is -0.392 e. The number of thiocarbonyl (C=S) groups is 1. The Morgan fingerprint density at radius 1 is 1.33 bits per heavy atom. The van der Waals surface area contributed by atoms with Gasteiger partial charge in [-0.25, -0.2) is 0 Å². The highest BCUT2D eigenvalue weighted by Crippen LogP contribution is 2.10. The van der Waals surface area contributed by atoms with Crippen molar-refractivity contribution in [2.75, 3.05) is 26.2 Å². The summed E-state index contributed by atoms with van der Waals surface area (Å²) in [4.78, 5) is 9.44. The third-order valence-corrected chi connectivity index (χ3v) is 3.86. The Labute approximate surface area is 114 Å². The zero-order chi connectivity index (χ0) is 13.0. The predicted molar refractivity (Wildman–Crippen MR) is 77.3 cm³/mol. The standard InChI is InChI=1S/C13H20N4S/c1-11(13(14)18)17-8-6-16(7-9-17)10-12-2-4-15-5-3-12/h2-5,11H,6-10H2,1H3,(H2,14,18). The Bertz CT molecular complexity index is 387. The lowest BCUT2D eigenvalue weighted by atomic mass is 10.2. The highest BCUT2D eigenvalue weighted by Gasteiger charge is 2.22. The summed E-state index contributed by atoms with van der Waals surface area (Å²) in [6.45, 7) is 7.27. The molecule has 5 heteroatoms. The second kappa shape index (κ2) is 6.22. The van der Waals surface area contributed by atoms with E-state index in [1.165, 1.54) is 5.56 Å². The van der Waals surface area contributed by atoms with Gasteiger partial charge in [0.1, 0.15) is 0 Å². The third-order valence-electron chi connectivity index (χ3n) is 3.52. The lowest BCUT2D eigenvalue weighted by Crippen LogP contribution is -2.52. The van der Waals surface area contributed by atoms with Gasteiger partial charge in [0, 0.05) is 45.1 Å². The van der Waals surface area contributed by atoms with Crippen molar-refractivity contribution in [3.63, 3.8) is 0 Å². The van der Waals surface area contributed by atoms with Crippen molar-refractivity contribution < 1.29 is 0 Å². The van der Waals surface area contributed by atoms with Crippen LogP contribution in [0, 0.1) is 0 Å². The maximum Gasteiger partial charge on any atom is 0.0899 e. The first-order valence-corrected chi connectivity index (χ1v) is 6.72. The fourth-order valence-electron chi connectivity index (χ4n) is 2.24. The maximum absolute atomic E-state index is 5.69. The van der Waals surface area contributed by atoms with Crippen molar-refractivity contribution in [2.45, 2.75) is 19.5 Å². The summed E-state index contributed by atoms with van der Waals surface area (Å²) < 4.78 is 0. The van der Waals surface area contributed by atoms with E-state index in [2.05, 4.69) is 33.8 Å². The van der Waals surface area contributed by atoms with E-state index >= 15 is 0 Å². The minimum absolute atomic E-state index is 0.211. The van der Waals surface area contributed by atoms with Crippen LogP contribution in [0.2, 0.25) is 0 Å². The Hall–Kier alpha value is -1.04. The fourth-order valence-corrected chi connectivity index (χ4v) is 2.38. The molecule has 0 bridgehead atoms. The number of nitrogens with zero attached hydrogens (tertiary/aromatic N) is 3. The molecule has 0 saturated carbocycles. The second-order valence-electron chi connectivity index (χ2n) is 4.75. The van der Waals surface area contributed by atoms with Crippen molar-refractivity contribution >= 4 is 17.2 Å². The molecule has 0 amide bonds. The molecule has 1 aliphatic rings. The molecule has 18 heavy (non-hydrogen) atoms. The zero-order valence-electron chi connectivity index (χ0n) is 10.7. The van der Waals surface area contributed by atoms with Gasteiger partial charge in [-0.15, -0.1) is 0 Å². The second-order valence-corrected chi connectivity index (χ2v) is 5.22. The molecule has 1 unspecified atom stereocenters. The van der Waals surface area contributed by atoms with Crippen LogP contribution in [-0.4, -0.2) is 52.0 Å². The van der Waals surface area contributed by atoms with Crippen molar-refractivity contribution in [1.29, 1.82) is 0 Å². The number of hydrogen-bond donors (Lipinski definition) is 1. The molecule has 0 aromatic carbocycles. The molecule has 0 aliphatic carbocycles. The molecule has 4 nitrogen and oxygen atoms in total. The van der Waals surface area contributed by atoms with E-state index in [0.29, 0.717) is 4.99 Å². The van der Waals surface area contributed by atoms with Crippen molar-refractivity contribution in [2.24, 2.45) is 5.73 Å². The van der Waals surface area contributed by atoms with Gasteiger partial charge in [0.25, 0.3) is 0 Å². The first kappa shape index (κ1) is 13.4. The number of hydrogen-bond acceptors (Lipinski definition) is 4. The van der Waals surface area contributed by atoms with Gasteiger partial charge in [-0.2, -0.15) is 0 Å². The highest BCUT2D eigenvalue weighted by atomic mass is 32.1. The van der Waals surface area contributed by atoms with Crippen LogP contribution in [0.3, 0.4) is 0 Å². The molecule has 1 fully saturated rings. The van der Waals surface area contributed by atoms with Crippen LogP contribution >= 0.6 is 12.2 Å². The molecule has 98 valence electrons. The van der Waals surface area contributed by atoms with Crippen LogP contribution in [0.5, 0.6) is 0 Å². The van der Waals surface area contributed by atoms with E-state index in [-0.39, 0.29) is 6.04 Å². The summed E-state index contributed by atoms with van der Waals surface area (Å²) in [5.41, 5.74) is 7.01. The van der Waals surface area contributed by atoms with Gasteiger partial charge in [0.2, 0.25) is 0 Å². The van der Waals surface area contributed by atoms with Crippen molar-refractivity contribution in [1.82, 2.24) is 14.8 Å². The molecule has 0 spiro atoms. The Morgan fingerprint density at radius 3 is 2.50 bits per heavy atom. The van der Waals surface area contributed by atoms with Crippen LogP contribution in [0.25, 0.3) is 0 Å². The van der Waals surface area contributed by atoms with Crippen molar-refractivity contribution in [3.8, 4) is 0 Å².